The molecule has 0 aromatic heterocycles. The summed E-state index contributed by atoms with van der Waals surface area (Å²) in [6.45, 7) is 1.02. The molecule has 0 radical (unpaired) electrons. The van der Waals surface area contributed by atoms with Gasteiger partial charge in [-0.05, 0) is 49.8 Å². The largest absolute Gasteiger partial charge is 0.398 e. The molecule has 0 spiro atoms. The van der Waals surface area contributed by atoms with E-state index in [9.17, 15) is 8.42 Å². The third-order valence-electron chi connectivity index (χ3n) is 4.62. The Bertz CT molecular complexity index is 615. The Hall–Kier alpha value is -1.27. The number of nitrogens with zero attached hydrogens (tertiary/aromatic N) is 1. The highest BCUT2D eigenvalue weighted by molar-refractivity contribution is 7.89. The number of primary sulfonamides is 1. The summed E-state index contributed by atoms with van der Waals surface area (Å²) in [6, 6.07) is 5.69. The lowest BCUT2D eigenvalue weighted by atomic mass is 9.91. The Morgan fingerprint density at radius 2 is 1.90 bits per heavy atom. The predicted octanol–water partition coefficient (Wildman–Crippen LogP) is 1.69. The van der Waals surface area contributed by atoms with E-state index in [0.29, 0.717) is 6.04 Å². The molecule has 4 N–H and O–H groups in total. The first-order valence-corrected chi connectivity index (χ1v) is 8.70. The molecule has 0 bridgehead atoms. The number of fused-ring (bicyclic) bond motifs is 1. The molecule has 2 aliphatic rings. The summed E-state index contributed by atoms with van der Waals surface area (Å²) in [7, 11) is -3.74. The molecule has 3 rings (SSSR count). The number of hydrogen-bond donors (Lipinski definition) is 2. The van der Waals surface area contributed by atoms with Crippen molar-refractivity contribution in [3.63, 3.8) is 0 Å². The second kappa shape index (κ2) is 4.93. The van der Waals surface area contributed by atoms with E-state index in [2.05, 4.69) is 4.90 Å². The van der Waals surface area contributed by atoms with Gasteiger partial charge in [-0.2, -0.15) is 0 Å². The van der Waals surface area contributed by atoms with Crippen LogP contribution in [0.5, 0.6) is 0 Å². The second-order valence-corrected chi connectivity index (χ2v) is 7.39. The van der Waals surface area contributed by atoms with Crippen molar-refractivity contribution in [1.82, 2.24) is 0 Å². The highest BCUT2D eigenvalue weighted by Gasteiger charge is 2.35. The summed E-state index contributed by atoms with van der Waals surface area (Å²) in [5.41, 5.74) is 7.13. The summed E-state index contributed by atoms with van der Waals surface area (Å²) in [4.78, 5) is 2.41. The number of hydrogen-bond acceptors (Lipinski definition) is 4. The Labute approximate surface area is 120 Å². The minimum Gasteiger partial charge on any atom is -0.398 e. The van der Waals surface area contributed by atoms with Crippen LogP contribution in [0.2, 0.25) is 0 Å². The van der Waals surface area contributed by atoms with Gasteiger partial charge in [-0.3, -0.25) is 0 Å². The summed E-state index contributed by atoms with van der Waals surface area (Å²) in [5, 5.41) is 5.15. The third-order valence-corrected chi connectivity index (χ3v) is 5.61. The number of nitrogens with two attached hydrogens (primary N) is 2. The molecule has 1 saturated carbocycles. The maximum Gasteiger partial charge on any atom is 0.240 e. The molecule has 1 aromatic carbocycles. The van der Waals surface area contributed by atoms with Gasteiger partial charge in [-0.25, -0.2) is 13.6 Å². The third kappa shape index (κ3) is 2.38. The zero-order chi connectivity index (χ0) is 14.3. The fourth-order valence-corrected chi connectivity index (χ4v) is 4.39. The van der Waals surface area contributed by atoms with Crippen LogP contribution in [0, 0.1) is 5.92 Å². The topological polar surface area (TPSA) is 89.4 Å². The van der Waals surface area contributed by atoms with Crippen LogP contribution in [0.25, 0.3) is 0 Å². The predicted molar refractivity (Wildman–Crippen MR) is 79.9 cm³/mol. The standard InChI is InChI=1S/C14H21N3O2S/c15-12-9-11(6-7-14(12)20(16,18)19)17-8-2-4-10-3-1-5-13(10)17/h6-7,9-10,13H,1-5,8,15H2,(H2,16,18,19). The number of sulfonamides is 1. The first-order valence-electron chi connectivity index (χ1n) is 7.16. The van der Waals surface area contributed by atoms with Gasteiger partial charge in [0.1, 0.15) is 4.90 Å². The Morgan fingerprint density at radius 3 is 2.60 bits per heavy atom. The van der Waals surface area contributed by atoms with E-state index in [1.165, 1.54) is 38.2 Å². The second-order valence-electron chi connectivity index (χ2n) is 5.86. The van der Waals surface area contributed by atoms with Gasteiger partial charge >= 0.3 is 0 Å². The summed E-state index contributed by atoms with van der Waals surface area (Å²) in [5.74, 6) is 0.780. The maximum absolute atomic E-state index is 11.4. The minimum atomic E-state index is -3.74. The number of nitrogen functional groups attached to an aromatic ring is 1. The maximum atomic E-state index is 11.4. The van der Waals surface area contributed by atoms with Crippen molar-refractivity contribution in [3.05, 3.63) is 18.2 Å². The van der Waals surface area contributed by atoms with E-state index in [4.69, 9.17) is 10.9 Å². The number of anilines is 2. The van der Waals surface area contributed by atoms with Gasteiger partial charge in [0.2, 0.25) is 10.0 Å². The highest BCUT2D eigenvalue weighted by atomic mass is 32.2. The summed E-state index contributed by atoms with van der Waals surface area (Å²) >= 11 is 0. The van der Waals surface area contributed by atoms with Gasteiger partial charge in [0, 0.05) is 18.3 Å². The molecule has 1 aliphatic heterocycles. The van der Waals surface area contributed by atoms with Crippen molar-refractivity contribution in [2.45, 2.75) is 43.0 Å². The zero-order valence-corrected chi connectivity index (χ0v) is 12.3. The van der Waals surface area contributed by atoms with Crippen LogP contribution in [-0.2, 0) is 10.0 Å². The van der Waals surface area contributed by atoms with Crippen molar-refractivity contribution in [1.29, 1.82) is 0 Å². The van der Waals surface area contributed by atoms with Crippen molar-refractivity contribution in [2.24, 2.45) is 11.1 Å². The smallest absolute Gasteiger partial charge is 0.240 e. The van der Waals surface area contributed by atoms with Gasteiger partial charge in [0.05, 0.1) is 5.69 Å². The molecule has 1 aromatic rings. The molecular weight excluding hydrogens is 274 g/mol. The Morgan fingerprint density at radius 1 is 1.15 bits per heavy atom. The van der Waals surface area contributed by atoms with Crippen molar-refractivity contribution >= 4 is 21.4 Å². The van der Waals surface area contributed by atoms with Crippen LogP contribution in [0.4, 0.5) is 11.4 Å². The fraction of sp³-hybridized carbons (Fsp3) is 0.571. The lowest BCUT2D eigenvalue weighted by Crippen LogP contribution is -2.42. The molecule has 1 saturated heterocycles. The Balaban J connectivity index is 1.93. The normalized spacial score (nSPS) is 26.6. The highest BCUT2D eigenvalue weighted by Crippen LogP contribution is 2.39. The van der Waals surface area contributed by atoms with Gasteiger partial charge < -0.3 is 10.6 Å². The molecule has 2 atom stereocenters. The van der Waals surface area contributed by atoms with E-state index in [-0.39, 0.29) is 10.6 Å². The number of benzene rings is 1. The number of rotatable bonds is 2. The first kappa shape index (κ1) is 13.7. The quantitative estimate of drug-likeness (QED) is 0.812. The average Bonchev–Trinajstić information content (AvgIpc) is 2.85. The molecule has 1 heterocycles. The molecule has 2 fully saturated rings. The molecule has 20 heavy (non-hydrogen) atoms. The van der Waals surface area contributed by atoms with Crippen molar-refractivity contribution in [3.8, 4) is 0 Å². The lowest BCUT2D eigenvalue weighted by molar-refractivity contribution is 0.362. The van der Waals surface area contributed by atoms with Gasteiger partial charge in [0.25, 0.3) is 0 Å². The Kier molecular flexibility index (Phi) is 3.38. The van der Waals surface area contributed by atoms with Crippen LogP contribution in [0.1, 0.15) is 32.1 Å². The van der Waals surface area contributed by atoms with Crippen molar-refractivity contribution < 1.29 is 8.42 Å². The van der Waals surface area contributed by atoms with E-state index in [0.717, 1.165) is 18.2 Å². The minimum absolute atomic E-state index is 0.0150. The molecule has 6 heteroatoms. The molecule has 110 valence electrons. The van der Waals surface area contributed by atoms with Crippen LogP contribution < -0.4 is 15.8 Å². The molecule has 2 unspecified atom stereocenters. The van der Waals surface area contributed by atoms with Crippen molar-refractivity contribution in [2.75, 3.05) is 17.2 Å². The molecule has 0 amide bonds. The van der Waals surface area contributed by atoms with Gasteiger partial charge in [0.15, 0.2) is 0 Å². The SMILES string of the molecule is Nc1cc(N2CCCC3CCCC32)ccc1S(N)(=O)=O. The van der Waals surface area contributed by atoms with Crippen LogP contribution in [-0.4, -0.2) is 21.0 Å². The van der Waals surface area contributed by atoms with E-state index >= 15 is 0 Å². The zero-order valence-electron chi connectivity index (χ0n) is 11.5. The number of piperidine rings is 1. The average molecular weight is 295 g/mol. The van der Waals surface area contributed by atoms with Crippen LogP contribution in [0.3, 0.4) is 0 Å². The van der Waals surface area contributed by atoms with E-state index in [1.807, 2.05) is 6.07 Å². The molecule has 1 aliphatic carbocycles. The van der Waals surface area contributed by atoms with Gasteiger partial charge in [-0.15, -0.1) is 0 Å². The van der Waals surface area contributed by atoms with E-state index in [1.54, 1.807) is 6.07 Å². The molecular formula is C14H21N3O2S. The monoisotopic (exact) mass is 295 g/mol. The summed E-state index contributed by atoms with van der Waals surface area (Å²) in [6.07, 6.45) is 6.33. The fourth-order valence-electron chi connectivity index (χ4n) is 3.75. The van der Waals surface area contributed by atoms with Crippen LogP contribution >= 0.6 is 0 Å². The first-order chi connectivity index (χ1) is 9.47. The summed E-state index contributed by atoms with van der Waals surface area (Å²) < 4.78 is 22.8. The molecule has 5 nitrogen and oxygen atoms in total. The van der Waals surface area contributed by atoms with E-state index < -0.39 is 10.0 Å². The van der Waals surface area contributed by atoms with Crippen LogP contribution in [0.15, 0.2) is 23.1 Å². The lowest BCUT2D eigenvalue weighted by Gasteiger charge is -2.39. The van der Waals surface area contributed by atoms with Gasteiger partial charge in [-0.1, -0.05) is 6.42 Å².